The maximum absolute atomic E-state index is 2.61. The molecule has 4 aliphatic rings. The van der Waals surface area contributed by atoms with Gasteiger partial charge in [-0.2, -0.15) is 0 Å². The first-order valence-corrected chi connectivity index (χ1v) is 22.9. The lowest BCUT2D eigenvalue weighted by molar-refractivity contribution is 0.333. The molecule has 0 heterocycles. The summed E-state index contributed by atoms with van der Waals surface area (Å²) in [5.41, 5.74) is 25.4. The number of rotatable bonds is 5. The molecule has 0 fully saturated rings. The molecule has 12 rings (SSSR count). The monoisotopic (exact) mass is 799 g/mol. The number of hydrogen-bond acceptors (Lipinski definition) is 1. The van der Waals surface area contributed by atoms with Gasteiger partial charge in [-0.1, -0.05) is 173 Å². The summed E-state index contributed by atoms with van der Waals surface area (Å²) in [5.74, 6) is 0. The maximum atomic E-state index is 2.61. The van der Waals surface area contributed by atoms with Gasteiger partial charge in [-0.15, -0.1) is 0 Å². The second-order valence-corrected chi connectivity index (χ2v) is 19.7. The normalized spacial score (nSPS) is 16.7. The molecule has 0 saturated carbocycles. The van der Waals surface area contributed by atoms with Crippen molar-refractivity contribution < 1.29 is 0 Å². The van der Waals surface area contributed by atoms with Crippen molar-refractivity contribution in [3.63, 3.8) is 0 Å². The number of hydrogen-bond donors (Lipinski definition) is 0. The third kappa shape index (κ3) is 5.33. The highest BCUT2D eigenvalue weighted by Gasteiger charge is 2.52. The fourth-order valence-corrected chi connectivity index (χ4v) is 12.3. The molecule has 1 heteroatoms. The van der Waals surface area contributed by atoms with Crippen LogP contribution < -0.4 is 4.90 Å². The molecule has 1 spiro atoms. The Labute approximate surface area is 367 Å². The summed E-state index contributed by atoms with van der Waals surface area (Å²) in [6.07, 6.45) is 7.09. The predicted molar refractivity (Wildman–Crippen MR) is 260 cm³/mol. The van der Waals surface area contributed by atoms with Crippen LogP contribution in [-0.4, -0.2) is 0 Å². The Balaban J connectivity index is 1.14. The average Bonchev–Trinajstić information content (AvgIpc) is 3.78. The van der Waals surface area contributed by atoms with Crippen molar-refractivity contribution in [3.8, 4) is 44.5 Å². The van der Waals surface area contributed by atoms with Gasteiger partial charge in [0, 0.05) is 16.9 Å². The van der Waals surface area contributed by atoms with Gasteiger partial charge >= 0.3 is 0 Å². The molecule has 8 aromatic carbocycles. The predicted octanol–water partition coefficient (Wildman–Crippen LogP) is 16.1. The van der Waals surface area contributed by atoms with Crippen LogP contribution in [0.2, 0.25) is 0 Å². The first-order valence-electron chi connectivity index (χ1n) is 22.9. The Bertz CT molecular complexity index is 3030. The van der Waals surface area contributed by atoms with E-state index >= 15 is 0 Å². The lowest BCUT2D eigenvalue weighted by Gasteiger charge is -2.43. The van der Waals surface area contributed by atoms with Crippen molar-refractivity contribution in [1.29, 1.82) is 0 Å². The zero-order valence-corrected chi connectivity index (χ0v) is 36.4. The SMILES string of the molecule is CC1(C)CCC(C)(C)c2c(-c3ccc(-c4cc5c(cc4N(c4ccccc4)c4cccc6c4CCCC6)C4(c6ccccc6-c6ccccc64)c4ccccc4-5)cc3)cccc21. The van der Waals surface area contributed by atoms with Crippen LogP contribution in [-0.2, 0) is 29.1 Å². The number of aryl methyl sites for hydroxylation is 1. The van der Waals surface area contributed by atoms with Crippen LogP contribution in [0, 0.1) is 0 Å². The quantitative estimate of drug-likeness (QED) is 0.168. The van der Waals surface area contributed by atoms with Crippen molar-refractivity contribution in [1.82, 2.24) is 0 Å². The number of benzene rings is 8. The minimum Gasteiger partial charge on any atom is -0.310 e. The number of nitrogens with zero attached hydrogens (tertiary/aromatic N) is 1. The van der Waals surface area contributed by atoms with E-state index in [2.05, 4.69) is 209 Å². The van der Waals surface area contributed by atoms with E-state index in [4.69, 9.17) is 0 Å². The molecule has 0 bridgehead atoms. The van der Waals surface area contributed by atoms with E-state index in [9.17, 15) is 0 Å². The second kappa shape index (κ2) is 13.8. The van der Waals surface area contributed by atoms with Gasteiger partial charge in [0.2, 0.25) is 0 Å². The van der Waals surface area contributed by atoms with Gasteiger partial charge in [0.15, 0.2) is 0 Å². The van der Waals surface area contributed by atoms with Crippen LogP contribution in [0.5, 0.6) is 0 Å². The number of anilines is 3. The minimum atomic E-state index is -0.443. The molecule has 8 aromatic rings. The minimum absolute atomic E-state index is 0.110. The highest BCUT2D eigenvalue weighted by Crippen LogP contribution is 2.64. The summed E-state index contributed by atoms with van der Waals surface area (Å²) >= 11 is 0. The molecular formula is C61H53N. The van der Waals surface area contributed by atoms with Crippen molar-refractivity contribution in [2.75, 3.05) is 4.90 Å². The lowest BCUT2D eigenvalue weighted by Crippen LogP contribution is -2.34. The number of fused-ring (bicyclic) bond motifs is 12. The van der Waals surface area contributed by atoms with Crippen molar-refractivity contribution in [3.05, 3.63) is 220 Å². The van der Waals surface area contributed by atoms with Crippen LogP contribution in [0.4, 0.5) is 17.1 Å². The Morgan fingerprint density at radius 3 is 1.60 bits per heavy atom. The van der Waals surface area contributed by atoms with E-state index in [0.717, 1.165) is 12.8 Å². The van der Waals surface area contributed by atoms with Crippen LogP contribution in [0.3, 0.4) is 0 Å². The standard InChI is InChI=1S/C61H53N/c1-59(2)36-37-60(3,4)58-45(26-17-30-54(58)59)41-32-34-42(35-33-41)49-38-50-48-25-12-15-29-53(48)61(51-27-13-10-23-46(51)47-24-11-14-28-52(47)61)55(50)39-57(49)62(43-20-6-5-7-21-43)56-31-16-19-40-18-8-9-22-44(40)56/h5-7,10-17,19-21,23-35,38-39H,8-9,18,22,36-37H2,1-4H3. The molecule has 0 aliphatic heterocycles. The van der Waals surface area contributed by atoms with E-state index in [1.54, 1.807) is 0 Å². The third-order valence-electron chi connectivity index (χ3n) is 15.3. The molecule has 0 amide bonds. The lowest BCUT2D eigenvalue weighted by atomic mass is 9.61. The van der Waals surface area contributed by atoms with E-state index in [1.165, 1.54) is 132 Å². The van der Waals surface area contributed by atoms with Crippen LogP contribution in [0.15, 0.2) is 176 Å². The summed E-state index contributed by atoms with van der Waals surface area (Å²) in [4.78, 5) is 2.61. The average molecular weight is 800 g/mol. The molecular weight excluding hydrogens is 747 g/mol. The van der Waals surface area contributed by atoms with Crippen LogP contribution in [0.25, 0.3) is 44.5 Å². The fraction of sp³-hybridized carbons (Fsp3) is 0.213. The Hall–Kier alpha value is -6.44. The van der Waals surface area contributed by atoms with Gasteiger partial charge in [0.1, 0.15) is 0 Å². The molecule has 0 N–H and O–H groups in total. The fourth-order valence-electron chi connectivity index (χ4n) is 12.3. The Kier molecular flexibility index (Phi) is 8.30. The molecule has 0 radical (unpaired) electrons. The molecule has 0 aromatic heterocycles. The van der Waals surface area contributed by atoms with Crippen molar-refractivity contribution in [2.45, 2.75) is 82.5 Å². The molecule has 0 atom stereocenters. The summed E-state index contributed by atoms with van der Waals surface area (Å²) in [6.45, 7) is 9.75. The van der Waals surface area contributed by atoms with Gasteiger partial charge < -0.3 is 4.90 Å². The van der Waals surface area contributed by atoms with Gasteiger partial charge in [-0.25, -0.2) is 0 Å². The van der Waals surface area contributed by atoms with Gasteiger partial charge in [0.25, 0.3) is 0 Å². The first-order chi connectivity index (χ1) is 30.3. The zero-order valence-electron chi connectivity index (χ0n) is 36.4. The Morgan fingerprint density at radius 2 is 0.919 bits per heavy atom. The van der Waals surface area contributed by atoms with E-state index < -0.39 is 5.41 Å². The smallest absolute Gasteiger partial charge is 0.0726 e. The van der Waals surface area contributed by atoms with Crippen molar-refractivity contribution >= 4 is 17.1 Å². The van der Waals surface area contributed by atoms with Crippen LogP contribution >= 0.6 is 0 Å². The highest BCUT2D eigenvalue weighted by atomic mass is 15.1. The van der Waals surface area contributed by atoms with Crippen molar-refractivity contribution in [2.24, 2.45) is 0 Å². The van der Waals surface area contributed by atoms with E-state index in [0.29, 0.717) is 0 Å². The van der Waals surface area contributed by atoms with E-state index in [-0.39, 0.29) is 10.8 Å². The van der Waals surface area contributed by atoms with Gasteiger partial charge in [0.05, 0.1) is 11.1 Å². The highest BCUT2D eigenvalue weighted by molar-refractivity contribution is 6.00. The van der Waals surface area contributed by atoms with Gasteiger partial charge in [-0.05, 0) is 163 Å². The maximum Gasteiger partial charge on any atom is 0.0726 e. The number of para-hydroxylation sites is 1. The molecule has 0 unspecified atom stereocenters. The summed E-state index contributed by atoms with van der Waals surface area (Å²) < 4.78 is 0. The van der Waals surface area contributed by atoms with Crippen LogP contribution in [0.1, 0.15) is 97.9 Å². The molecule has 1 nitrogen and oxygen atoms in total. The van der Waals surface area contributed by atoms with Gasteiger partial charge in [-0.3, -0.25) is 0 Å². The van der Waals surface area contributed by atoms with E-state index in [1.807, 2.05) is 0 Å². The first kappa shape index (κ1) is 37.3. The summed E-state index contributed by atoms with van der Waals surface area (Å²) in [7, 11) is 0. The zero-order chi connectivity index (χ0) is 41.8. The largest absolute Gasteiger partial charge is 0.310 e. The molecule has 0 saturated heterocycles. The molecule has 4 aliphatic carbocycles. The summed E-state index contributed by atoms with van der Waals surface area (Å²) in [6, 6.07) is 67.5. The topological polar surface area (TPSA) is 3.24 Å². The molecule has 62 heavy (non-hydrogen) atoms. The second-order valence-electron chi connectivity index (χ2n) is 19.7. The molecule has 302 valence electrons. The summed E-state index contributed by atoms with van der Waals surface area (Å²) in [5, 5.41) is 0. The Morgan fingerprint density at radius 1 is 0.387 bits per heavy atom. The third-order valence-corrected chi connectivity index (χ3v) is 15.3.